The summed E-state index contributed by atoms with van der Waals surface area (Å²) < 4.78 is 27.5. The van der Waals surface area contributed by atoms with Crippen LogP contribution in [0.1, 0.15) is 20.9 Å². The third kappa shape index (κ3) is 5.65. The van der Waals surface area contributed by atoms with Gasteiger partial charge in [0.05, 0.1) is 17.4 Å². The lowest BCUT2D eigenvalue weighted by atomic mass is 10.1. The predicted molar refractivity (Wildman–Crippen MR) is 128 cm³/mol. The molecule has 4 rings (SSSR count). The van der Waals surface area contributed by atoms with E-state index in [1.165, 1.54) is 18.6 Å². The minimum absolute atomic E-state index is 0. The molecule has 33 heavy (non-hydrogen) atoms. The zero-order valence-corrected chi connectivity index (χ0v) is 18.7. The van der Waals surface area contributed by atoms with Gasteiger partial charge >= 0.3 is 0 Å². The van der Waals surface area contributed by atoms with Gasteiger partial charge in [-0.25, -0.2) is 18.4 Å². The van der Waals surface area contributed by atoms with Crippen LogP contribution in [0.2, 0.25) is 0 Å². The van der Waals surface area contributed by atoms with Crippen molar-refractivity contribution in [2.24, 2.45) is 0 Å². The predicted octanol–water partition coefficient (Wildman–Crippen LogP) is 2.54. The molecule has 0 aliphatic carbocycles. The number of benzene rings is 2. The van der Waals surface area contributed by atoms with Crippen molar-refractivity contribution >= 4 is 27.4 Å². The Morgan fingerprint density at radius 3 is 2.36 bits per heavy atom. The maximum Gasteiger partial charge on any atom is 0.263 e. The van der Waals surface area contributed by atoms with Crippen LogP contribution in [0.25, 0.3) is 0 Å². The van der Waals surface area contributed by atoms with E-state index in [0.29, 0.717) is 26.2 Å². The van der Waals surface area contributed by atoms with Gasteiger partial charge in [0.2, 0.25) is 5.91 Å². The molecule has 0 spiro atoms. The van der Waals surface area contributed by atoms with Crippen molar-refractivity contribution in [3.8, 4) is 0 Å². The fourth-order valence-corrected chi connectivity index (χ4v) is 4.69. The van der Waals surface area contributed by atoms with E-state index in [9.17, 15) is 18.3 Å². The van der Waals surface area contributed by atoms with E-state index in [1.54, 1.807) is 29.2 Å². The summed E-state index contributed by atoms with van der Waals surface area (Å²) in [6, 6.07) is 17.2. The number of amides is 1. The minimum Gasteiger partial charge on any atom is -0.388 e. The Hall–Kier alpha value is -3.50. The smallest absolute Gasteiger partial charge is 0.263 e. The van der Waals surface area contributed by atoms with E-state index >= 15 is 0 Å². The molecule has 1 unspecified atom stereocenters. The number of sulfonamides is 1. The largest absolute Gasteiger partial charge is 0.388 e. The zero-order chi connectivity index (χ0) is 23.3. The van der Waals surface area contributed by atoms with Crippen molar-refractivity contribution in [2.45, 2.75) is 17.4 Å². The fraction of sp³-hybridized carbons (Fsp3) is 0.261. The normalized spacial score (nSPS) is 15.2. The van der Waals surface area contributed by atoms with E-state index in [2.05, 4.69) is 19.6 Å². The van der Waals surface area contributed by atoms with Gasteiger partial charge in [0, 0.05) is 40.9 Å². The van der Waals surface area contributed by atoms with Gasteiger partial charge in [-0.1, -0.05) is 30.3 Å². The molecule has 0 radical (unpaired) electrons. The summed E-state index contributed by atoms with van der Waals surface area (Å²) in [7, 11) is -3.75. The van der Waals surface area contributed by atoms with Crippen LogP contribution in [0.15, 0.2) is 78.1 Å². The number of piperazine rings is 1. The van der Waals surface area contributed by atoms with Crippen molar-refractivity contribution < 1.29 is 21.2 Å². The fourth-order valence-electron chi connectivity index (χ4n) is 3.69. The number of hydrogen-bond acceptors (Lipinski definition) is 7. The molecule has 2 N–H and O–H groups in total. The monoisotopic (exact) mass is 471 g/mol. The molecule has 1 aromatic heterocycles. The number of carbonyl (C=O) groups excluding carboxylic acids is 1. The lowest BCUT2D eigenvalue weighted by molar-refractivity contribution is -0.133. The van der Waals surface area contributed by atoms with Gasteiger partial charge < -0.3 is 14.9 Å². The van der Waals surface area contributed by atoms with Crippen molar-refractivity contribution in [3.63, 3.8) is 0 Å². The van der Waals surface area contributed by atoms with Crippen molar-refractivity contribution in [1.82, 2.24) is 14.9 Å². The summed E-state index contributed by atoms with van der Waals surface area (Å²) in [6.45, 7) is 2.32. The summed E-state index contributed by atoms with van der Waals surface area (Å²) >= 11 is 0. The number of nitrogens with zero attached hydrogens (tertiary/aromatic N) is 4. The van der Waals surface area contributed by atoms with Crippen molar-refractivity contribution in [3.05, 3.63) is 78.8 Å². The maximum atomic E-state index is 12.6. The van der Waals surface area contributed by atoms with Crippen LogP contribution in [-0.2, 0) is 14.8 Å². The Labute approximate surface area is 195 Å². The number of aromatic nitrogens is 2. The molecule has 1 saturated heterocycles. The summed E-state index contributed by atoms with van der Waals surface area (Å²) in [5, 5.41) is 10.3. The number of hydrogen-bond donors (Lipinski definition) is 2. The van der Waals surface area contributed by atoms with Gasteiger partial charge in [0.25, 0.3) is 10.0 Å². The van der Waals surface area contributed by atoms with Crippen LogP contribution in [0, 0.1) is 0 Å². The molecule has 9 nitrogen and oxygen atoms in total. The van der Waals surface area contributed by atoms with Gasteiger partial charge in [0.15, 0.2) is 0 Å². The van der Waals surface area contributed by atoms with Crippen LogP contribution >= 0.6 is 0 Å². The Balaban J connectivity index is 0.00000216. The molecule has 0 bridgehead atoms. The first-order valence-electron chi connectivity index (χ1n) is 10.6. The summed E-state index contributed by atoms with van der Waals surface area (Å²) in [6.07, 6.45) is 1.96. The van der Waals surface area contributed by atoms with Crippen LogP contribution in [0.3, 0.4) is 0 Å². The third-order valence-electron chi connectivity index (χ3n) is 5.52. The van der Waals surface area contributed by atoms with Crippen LogP contribution in [0.5, 0.6) is 0 Å². The number of nitrogens with one attached hydrogen (secondary N) is 1. The molecule has 1 aliphatic rings. The van der Waals surface area contributed by atoms with Gasteiger partial charge in [-0.15, -0.1) is 0 Å². The molecule has 1 aliphatic heterocycles. The number of carbonyl (C=O) groups is 1. The maximum absolute atomic E-state index is 12.6. The van der Waals surface area contributed by atoms with E-state index in [-0.39, 0.29) is 25.9 Å². The highest BCUT2D eigenvalue weighted by Crippen LogP contribution is 2.22. The highest BCUT2D eigenvalue weighted by molar-refractivity contribution is 7.92. The molecule has 3 aromatic rings. The van der Waals surface area contributed by atoms with Crippen LogP contribution in [-0.4, -0.2) is 60.5 Å². The molecular formula is C23H29N5O4S. The van der Waals surface area contributed by atoms with Gasteiger partial charge in [-0.05, 0) is 35.9 Å². The molecule has 176 valence electrons. The molecule has 1 amide bonds. The molecule has 2 aromatic carbocycles. The molecule has 2 heterocycles. The standard InChI is InChI=1S/C23H25N5O4S.2H2/c29-21(18-4-2-1-3-5-18)16-23(30)28-14-12-27(13-15-28)19-6-8-20(9-7-19)33(31,32)26-22-10-11-24-17-25-22;;/h1-11,17,21,29H,12-16H2,(H,24,25,26);2*1H. The molecule has 0 saturated carbocycles. The Kier molecular flexibility index (Phi) is 6.85. The minimum atomic E-state index is -3.75. The molecule has 1 fully saturated rings. The first-order chi connectivity index (χ1) is 15.9. The van der Waals surface area contributed by atoms with E-state index in [4.69, 9.17) is 0 Å². The average molecular weight is 472 g/mol. The van der Waals surface area contributed by atoms with Gasteiger partial charge in [-0.2, -0.15) is 0 Å². The number of aliphatic hydroxyl groups excluding tert-OH is 1. The van der Waals surface area contributed by atoms with Crippen LogP contribution in [0.4, 0.5) is 11.5 Å². The second kappa shape index (κ2) is 9.97. The van der Waals surface area contributed by atoms with Crippen molar-refractivity contribution in [1.29, 1.82) is 0 Å². The van der Waals surface area contributed by atoms with Gasteiger partial charge in [-0.3, -0.25) is 9.52 Å². The topological polar surface area (TPSA) is 116 Å². The SMILES string of the molecule is O=C(CC(O)c1ccccc1)N1CCN(c2ccc(S(=O)(=O)Nc3ccncn3)cc2)CC1.[HH].[HH]. The number of rotatable bonds is 7. The highest BCUT2D eigenvalue weighted by Gasteiger charge is 2.24. The zero-order valence-electron chi connectivity index (χ0n) is 17.9. The molecule has 1 atom stereocenters. The second-order valence-electron chi connectivity index (χ2n) is 7.69. The van der Waals surface area contributed by atoms with Crippen molar-refractivity contribution in [2.75, 3.05) is 35.8 Å². The lowest BCUT2D eigenvalue weighted by Crippen LogP contribution is -2.49. The Morgan fingerprint density at radius 2 is 1.73 bits per heavy atom. The average Bonchev–Trinajstić information content (AvgIpc) is 2.85. The Bertz CT molecular complexity index is 1180. The summed E-state index contributed by atoms with van der Waals surface area (Å²) in [5.74, 6) is 0.121. The quantitative estimate of drug-likeness (QED) is 0.544. The van der Waals surface area contributed by atoms with E-state index < -0.39 is 16.1 Å². The van der Waals surface area contributed by atoms with E-state index in [0.717, 1.165) is 11.3 Å². The Morgan fingerprint density at radius 1 is 1.03 bits per heavy atom. The lowest BCUT2D eigenvalue weighted by Gasteiger charge is -2.36. The van der Waals surface area contributed by atoms with Crippen LogP contribution < -0.4 is 9.62 Å². The number of aliphatic hydroxyl groups is 1. The number of anilines is 2. The highest BCUT2D eigenvalue weighted by atomic mass is 32.2. The van der Waals surface area contributed by atoms with E-state index in [1.807, 2.05) is 30.3 Å². The first-order valence-corrected chi connectivity index (χ1v) is 12.1. The molecular weight excluding hydrogens is 442 g/mol. The second-order valence-corrected chi connectivity index (χ2v) is 9.37. The third-order valence-corrected chi connectivity index (χ3v) is 6.89. The summed E-state index contributed by atoms with van der Waals surface area (Å²) in [4.78, 5) is 24.2. The molecule has 10 heteroatoms. The first kappa shape index (κ1) is 22.7. The van der Waals surface area contributed by atoms with Gasteiger partial charge in [0.1, 0.15) is 12.1 Å². The summed E-state index contributed by atoms with van der Waals surface area (Å²) in [5.41, 5.74) is 1.61.